The van der Waals surface area contributed by atoms with Crippen LogP contribution >= 0.6 is 0 Å². The van der Waals surface area contributed by atoms with Crippen LogP contribution in [0.2, 0.25) is 0 Å². The van der Waals surface area contributed by atoms with Gasteiger partial charge in [0.2, 0.25) is 5.91 Å². The lowest BCUT2D eigenvalue weighted by Gasteiger charge is -2.35. The van der Waals surface area contributed by atoms with Gasteiger partial charge in [-0.25, -0.2) is 0 Å². The third kappa shape index (κ3) is 2.95. The Kier molecular flexibility index (Phi) is 3.35. The molecule has 17 heavy (non-hydrogen) atoms. The van der Waals surface area contributed by atoms with Crippen LogP contribution in [0.4, 0.5) is 0 Å². The van der Waals surface area contributed by atoms with Gasteiger partial charge in [0, 0.05) is 32.7 Å². The fourth-order valence-corrected chi connectivity index (χ4v) is 2.09. The average Bonchev–Trinajstić information content (AvgIpc) is 3.06. The predicted octanol–water partition coefficient (Wildman–Crippen LogP) is -0.903. The van der Waals surface area contributed by atoms with Gasteiger partial charge in [-0.15, -0.1) is 0 Å². The molecule has 1 saturated carbocycles. The van der Waals surface area contributed by atoms with E-state index >= 15 is 0 Å². The predicted molar refractivity (Wildman–Crippen MR) is 61.4 cm³/mol. The highest BCUT2D eigenvalue weighted by molar-refractivity contribution is 5.89. The van der Waals surface area contributed by atoms with Crippen molar-refractivity contribution >= 4 is 11.9 Å². The Morgan fingerprint density at radius 3 is 2.24 bits per heavy atom. The minimum absolute atomic E-state index is 0.0652. The van der Waals surface area contributed by atoms with Crippen LogP contribution in [0.15, 0.2) is 0 Å². The summed E-state index contributed by atoms with van der Waals surface area (Å²) in [5.74, 6) is -0.710. The first kappa shape index (κ1) is 12.3. The van der Waals surface area contributed by atoms with Gasteiger partial charge in [-0.3, -0.25) is 14.5 Å². The van der Waals surface area contributed by atoms with Crippen molar-refractivity contribution in [1.29, 1.82) is 0 Å². The van der Waals surface area contributed by atoms with Gasteiger partial charge >= 0.3 is 5.97 Å². The van der Waals surface area contributed by atoms with Crippen molar-refractivity contribution in [2.75, 3.05) is 32.7 Å². The first-order valence-corrected chi connectivity index (χ1v) is 6.04. The fourth-order valence-electron chi connectivity index (χ4n) is 2.09. The normalized spacial score (nSPS) is 23.5. The maximum Gasteiger partial charge on any atom is 0.304 e. The molecule has 0 aromatic rings. The van der Waals surface area contributed by atoms with Crippen LogP contribution in [0.5, 0.6) is 0 Å². The average molecular weight is 241 g/mol. The van der Waals surface area contributed by atoms with Crippen molar-refractivity contribution in [2.24, 2.45) is 5.73 Å². The molecule has 1 aliphatic carbocycles. The lowest BCUT2D eigenvalue weighted by molar-refractivity contribution is -0.139. The van der Waals surface area contributed by atoms with E-state index in [4.69, 9.17) is 10.8 Å². The summed E-state index contributed by atoms with van der Waals surface area (Å²) >= 11 is 0. The summed E-state index contributed by atoms with van der Waals surface area (Å²) in [6, 6.07) is 0. The highest BCUT2D eigenvalue weighted by Gasteiger charge is 2.48. The zero-order chi connectivity index (χ0) is 12.5. The van der Waals surface area contributed by atoms with E-state index in [-0.39, 0.29) is 12.3 Å². The lowest BCUT2D eigenvalue weighted by atomic mass is 10.2. The van der Waals surface area contributed by atoms with Crippen LogP contribution in [-0.2, 0) is 9.59 Å². The SMILES string of the molecule is NC1(C(=O)N2CCN(CCC(=O)O)CC2)CC1. The van der Waals surface area contributed by atoms with Gasteiger partial charge in [-0.2, -0.15) is 0 Å². The number of nitrogens with two attached hydrogens (primary N) is 1. The number of hydrogen-bond acceptors (Lipinski definition) is 4. The van der Waals surface area contributed by atoms with E-state index in [1.807, 2.05) is 4.90 Å². The molecule has 0 aromatic carbocycles. The number of amides is 1. The summed E-state index contributed by atoms with van der Waals surface area (Å²) in [4.78, 5) is 26.3. The number of carboxylic acid groups (broad SMARTS) is 1. The van der Waals surface area contributed by atoms with Crippen LogP contribution in [0.1, 0.15) is 19.3 Å². The van der Waals surface area contributed by atoms with Crippen molar-refractivity contribution in [3.8, 4) is 0 Å². The molecule has 1 amide bonds. The molecule has 1 heterocycles. The van der Waals surface area contributed by atoms with Gasteiger partial charge in [0.15, 0.2) is 0 Å². The topological polar surface area (TPSA) is 86.9 Å². The van der Waals surface area contributed by atoms with Crippen LogP contribution in [0.3, 0.4) is 0 Å². The third-order valence-corrected chi connectivity index (χ3v) is 3.52. The molecule has 0 radical (unpaired) electrons. The Morgan fingerprint density at radius 1 is 1.18 bits per heavy atom. The van der Waals surface area contributed by atoms with Gasteiger partial charge in [0.1, 0.15) is 0 Å². The standard InChI is InChI=1S/C11H19N3O3/c12-11(2-3-11)10(17)14-7-5-13(6-8-14)4-1-9(15)16/h1-8,12H2,(H,15,16). The number of nitrogens with zero attached hydrogens (tertiary/aromatic N) is 2. The molecule has 6 heteroatoms. The van der Waals surface area contributed by atoms with E-state index in [0.717, 1.165) is 25.9 Å². The lowest BCUT2D eigenvalue weighted by Crippen LogP contribution is -2.54. The number of aliphatic carboxylic acids is 1. The van der Waals surface area contributed by atoms with Gasteiger partial charge in [0.05, 0.1) is 12.0 Å². The molecule has 0 atom stereocenters. The molecule has 0 spiro atoms. The maximum absolute atomic E-state index is 11.9. The Labute approximate surface area is 100 Å². The molecule has 2 aliphatic rings. The number of piperazine rings is 1. The van der Waals surface area contributed by atoms with Crippen LogP contribution < -0.4 is 5.73 Å². The highest BCUT2D eigenvalue weighted by atomic mass is 16.4. The van der Waals surface area contributed by atoms with E-state index in [9.17, 15) is 9.59 Å². The molecule has 1 saturated heterocycles. The molecule has 96 valence electrons. The second-order valence-electron chi connectivity index (χ2n) is 4.93. The van der Waals surface area contributed by atoms with Crippen molar-refractivity contribution < 1.29 is 14.7 Å². The number of carbonyl (C=O) groups is 2. The first-order chi connectivity index (χ1) is 8.01. The van der Waals surface area contributed by atoms with Crippen LogP contribution in [0.25, 0.3) is 0 Å². The highest BCUT2D eigenvalue weighted by Crippen LogP contribution is 2.34. The van der Waals surface area contributed by atoms with Crippen molar-refractivity contribution in [1.82, 2.24) is 9.80 Å². The molecule has 2 rings (SSSR count). The minimum atomic E-state index is -0.776. The summed E-state index contributed by atoms with van der Waals surface area (Å²) in [5, 5.41) is 8.59. The molecule has 2 fully saturated rings. The summed E-state index contributed by atoms with van der Waals surface area (Å²) in [7, 11) is 0. The molecular weight excluding hydrogens is 222 g/mol. The number of carbonyl (C=O) groups excluding carboxylic acids is 1. The number of carboxylic acids is 1. The van der Waals surface area contributed by atoms with Crippen molar-refractivity contribution in [3.05, 3.63) is 0 Å². The molecular formula is C11H19N3O3. The molecule has 0 bridgehead atoms. The quantitative estimate of drug-likeness (QED) is 0.666. The van der Waals surface area contributed by atoms with E-state index in [1.54, 1.807) is 0 Å². The van der Waals surface area contributed by atoms with Crippen LogP contribution in [-0.4, -0.2) is 65.0 Å². The fraction of sp³-hybridized carbons (Fsp3) is 0.818. The smallest absolute Gasteiger partial charge is 0.304 e. The molecule has 0 aromatic heterocycles. The van der Waals surface area contributed by atoms with Crippen LogP contribution in [0, 0.1) is 0 Å². The molecule has 1 aliphatic heterocycles. The largest absolute Gasteiger partial charge is 0.481 e. The second kappa shape index (κ2) is 4.62. The summed E-state index contributed by atoms with van der Waals surface area (Å²) in [6.45, 7) is 3.38. The van der Waals surface area contributed by atoms with Gasteiger partial charge < -0.3 is 15.7 Å². The minimum Gasteiger partial charge on any atom is -0.481 e. The number of rotatable bonds is 4. The Morgan fingerprint density at radius 2 is 1.76 bits per heavy atom. The third-order valence-electron chi connectivity index (χ3n) is 3.52. The van der Waals surface area contributed by atoms with E-state index in [2.05, 4.69) is 4.90 Å². The zero-order valence-corrected chi connectivity index (χ0v) is 9.89. The monoisotopic (exact) mass is 241 g/mol. The number of hydrogen-bond donors (Lipinski definition) is 2. The van der Waals surface area contributed by atoms with Gasteiger partial charge in [-0.1, -0.05) is 0 Å². The van der Waals surface area contributed by atoms with Gasteiger partial charge in [0.25, 0.3) is 0 Å². The van der Waals surface area contributed by atoms with E-state index in [0.29, 0.717) is 19.6 Å². The van der Waals surface area contributed by atoms with E-state index in [1.165, 1.54) is 0 Å². The Bertz CT molecular complexity index is 320. The molecule has 6 nitrogen and oxygen atoms in total. The van der Waals surface area contributed by atoms with Crippen molar-refractivity contribution in [3.63, 3.8) is 0 Å². The second-order valence-corrected chi connectivity index (χ2v) is 4.93. The van der Waals surface area contributed by atoms with Crippen molar-refractivity contribution in [2.45, 2.75) is 24.8 Å². The van der Waals surface area contributed by atoms with E-state index < -0.39 is 11.5 Å². The maximum atomic E-state index is 11.9. The zero-order valence-electron chi connectivity index (χ0n) is 9.89. The Hall–Kier alpha value is -1.14. The Balaban J connectivity index is 1.74. The summed E-state index contributed by atoms with van der Waals surface area (Å²) < 4.78 is 0. The molecule has 3 N–H and O–H groups in total. The molecule has 0 unspecified atom stereocenters. The van der Waals surface area contributed by atoms with Gasteiger partial charge in [-0.05, 0) is 12.8 Å². The summed E-state index contributed by atoms with van der Waals surface area (Å²) in [6.07, 6.45) is 1.75. The first-order valence-electron chi connectivity index (χ1n) is 6.04. The summed E-state index contributed by atoms with van der Waals surface area (Å²) in [5.41, 5.74) is 5.29.